The van der Waals surface area contributed by atoms with E-state index in [1.54, 1.807) is 11.0 Å². The zero-order valence-electron chi connectivity index (χ0n) is 16.9. The molecule has 0 radical (unpaired) electrons. The molecule has 2 aromatic heterocycles. The van der Waals surface area contributed by atoms with Crippen LogP contribution in [-0.4, -0.2) is 39.9 Å². The van der Waals surface area contributed by atoms with Crippen molar-refractivity contribution in [1.29, 1.82) is 0 Å². The van der Waals surface area contributed by atoms with E-state index in [2.05, 4.69) is 15.3 Å². The van der Waals surface area contributed by atoms with Gasteiger partial charge in [-0.25, -0.2) is 18.2 Å². The van der Waals surface area contributed by atoms with Gasteiger partial charge < -0.3 is 14.6 Å². The third kappa shape index (κ3) is 3.86. The van der Waals surface area contributed by atoms with Crippen molar-refractivity contribution in [1.82, 2.24) is 14.9 Å². The first-order chi connectivity index (χ1) is 15.5. The van der Waals surface area contributed by atoms with E-state index in [1.165, 1.54) is 24.4 Å². The fraction of sp³-hybridized carbons (Fsp3) is 0.261. The summed E-state index contributed by atoms with van der Waals surface area (Å²) >= 11 is 0. The highest BCUT2D eigenvalue weighted by atomic mass is 19.2. The highest BCUT2D eigenvalue weighted by molar-refractivity contribution is 5.96. The number of furan rings is 1. The molecule has 1 atom stereocenters. The van der Waals surface area contributed by atoms with Crippen LogP contribution in [0.4, 0.5) is 19.0 Å². The Labute approximate surface area is 181 Å². The third-order valence-electron chi connectivity index (χ3n) is 5.68. The maximum Gasteiger partial charge on any atom is 0.289 e. The van der Waals surface area contributed by atoms with Gasteiger partial charge in [-0.1, -0.05) is 0 Å². The van der Waals surface area contributed by atoms with Crippen molar-refractivity contribution < 1.29 is 22.4 Å². The molecule has 6 nitrogen and oxygen atoms in total. The number of fused-ring (bicyclic) bond motifs is 2. The van der Waals surface area contributed by atoms with Gasteiger partial charge in [-0.3, -0.25) is 9.78 Å². The maximum absolute atomic E-state index is 13.5. The highest BCUT2D eigenvalue weighted by Gasteiger charge is 2.29. The molecular weight excluding hydrogens is 421 g/mol. The molecule has 2 aromatic carbocycles. The number of nitrogens with zero attached hydrogens (tertiary/aromatic N) is 3. The third-order valence-corrected chi connectivity index (χ3v) is 5.68. The van der Waals surface area contributed by atoms with Crippen LogP contribution >= 0.6 is 0 Å². The topological polar surface area (TPSA) is 71.3 Å². The second-order valence-electron chi connectivity index (χ2n) is 7.83. The van der Waals surface area contributed by atoms with Crippen LogP contribution in [-0.2, 0) is 0 Å². The predicted octanol–water partition coefficient (Wildman–Crippen LogP) is 4.90. The SMILES string of the molecule is O=C(c1cc2cc(F)ccc2o1)N1CCCCC1CNc1cnc2cc(F)c(F)cc2n1. The second-order valence-corrected chi connectivity index (χ2v) is 7.83. The molecule has 1 aliphatic heterocycles. The van der Waals surface area contributed by atoms with E-state index in [-0.39, 0.29) is 28.7 Å². The molecule has 0 spiro atoms. The van der Waals surface area contributed by atoms with Crippen molar-refractivity contribution in [3.8, 4) is 0 Å². The van der Waals surface area contributed by atoms with Gasteiger partial charge in [0.25, 0.3) is 5.91 Å². The number of nitrogens with one attached hydrogen (secondary N) is 1. The van der Waals surface area contributed by atoms with Gasteiger partial charge in [0.1, 0.15) is 17.2 Å². The number of rotatable bonds is 4. The lowest BCUT2D eigenvalue weighted by Crippen LogP contribution is -2.47. The fourth-order valence-electron chi connectivity index (χ4n) is 4.06. The molecular formula is C23H19F3N4O2. The zero-order chi connectivity index (χ0) is 22.2. The van der Waals surface area contributed by atoms with Crippen molar-refractivity contribution in [3.63, 3.8) is 0 Å². The van der Waals surface area contributed by atoms with Crippen molar-refractivity contribution in [2.24, 2.45) is 0 Å². The van der Waals surface area contributed by atoms with Crippen molar-refractivity contribution in [3.05, 3.63) is 65.8 Å². The number of hydrogen-bond acceptors (Lipinski definition) is 5. The number of halogens is 3. The van der Waals surface area contributed by atoms with Crippen LogP contribution in [0, 0.1) is 17.5 Å². The minimum absolute atomic E-state index is 0.122. The lowest BCUT2D eigenvalue weighted by Gasteiger charge is -2.35. The second kappa shape index (κ2) is 8.14. The summed E-state index contributed by atoms with van der Waals surface area (Å²) in [4.78, 5) is 23.3. The average molecular weight is 440 g/mol. The minimum atomic E-state index is -0.987. The summed E-state index contributed by atoms with van der Waals surface area (Å²) in [5, 5.41) is 3.68. The summed E-state index contributed by atoms with van der Waals surface area (Å²) in [6.07, 6.45) is 4.07. The number of piperidine rings is 1. The lowest BCUT2D eigenvalue weighted by molar-refractivity contribution is 0.0598. The van der Waals surface area contributed by atoms with E-state index in [4.69, 9.17) is 4.42 Å². The first-order valence-corrected chi connectivity index (χ1v) is 10.3. The van der Waals surface area contributed by atoms with Crippen LogP contribution in [0.1, 0.15) is 29.8 Å². The number of hydrogen-bond donors (Lipinski definition) is 1. The molecule has 3 heterocycles. The number of carbonyl (C=O) groups is 1. The van der Waals surface area contributed by atoms with E-state index in [0.717, 1.165) is 31.4 Å². The molecule has 0 aliphatic carbocycles. The van der Waals surface area contributed by atoms with Gasteiger partial charge in [0.2, 0.25) is 0 Å². The van der Waals surface area contributed by atoms with Gasteiger partial charge in [0, 0.05) is 36.7 Å². The standard InChI is InChI=1S/C23H19F3N4O2/c24-14-4-5-20-13(7-14)8-21(32-20)23(31)30-6-2-1-3-15(30)11-28-22-12-27-18-9-16(25)17(26)10-19(18)29-22/h4-5,7-10,12,15H,1-3,6,11H2,(H,28,29). The van der Waals surface area contributed by atoms with Gasteiger partial charge >= 0.3 is 0 Å². The van der Waals surface area contributed by atoms with Crippen molar-refractivity contribution in [2.75, 3.05) is 18.4 Å². The summed E-state index contributed by atoms with van der Waals surface area (Å²) < 4.78 is 46.0. The molecule has 0 saturated carbocycles. The number of benzene rings is 2. The molecule has 1 unspecified atom stereocenters. The number of amides is 1. The number of likely N-dealkylation sites (tertiary alicyclic amines) is 1. The molecule has 1 amide bonds. The molecule has 1 fully saturated rings. The Morgan fingerprint density at radius 1 is 1.09 bits per heavy atom. The van der Waals surface area contributed by atoms with E-state index < -0.39 is 17.5 Å². The van der Waals surface area contributed by atoms with Crippen molar-refractivity contribution >= 4 is 33.7 Å². The largest absolute Gasteiger partial charge is 0.451 e. The monoisotopic (exact) mass is 440 g/mol. The summed E-state index contributed by atoms with van der Waals surface area (Å²) in [6, 6.07) is 7.57. The van der Waals surface area contributed by atoms with Gasteiger partial charge in [-0.15, -0.1) is 0 Å². The van der Waals surface area contributed by atoms with Gasteiger partial charge in [-0.05, 0) is 43.5 Å². The molecule has 1 saturated heterocycles. The van der Waals surface area contributed by atoms with Gasteiger partial charge in [0.05, 0.1) is 17.2 Å². The summed E-state index contributed by atoms with van der Waals surface area (Å²) in [6.45, 7) is 0.981. The van der Waals surface area contributed by atoms with Crippen LogP contribution in [0.2, 0.25) is 0 Å². The van der Waals surface area contributed by atoms with Crippen LogP contribution in [0.25, 0.3) is 22.0 Å². The number of anilines is 1. The van der Waals surface area contributed by atoms with Crippen LogP contribution < -0.4 is 5.32 Å². The molecule has 164 valence electrons. The Balaban J connectivity index is 1.33. The Morgan fingerprint density at radius 3 is 2.75 bits per heavy atom. The van der Waals surface area contributed by atoms with Crippen molar-refractivity contribution in [2.45, 2.75) is 25.3 Å². The molecule has 1 aliphatic rings. The minimum Gasteiger partial charge on any atom is -0.451 e. The van der Waals surface area contributed by atoms with Gasteiger partial charge in [-0.2, -0.15) is 0 Å². The highest BCUT2D eigenvalue weighted by Crippen LogP contribution is 2.25. The first-order valence-electron chi connectivity index (χ1n) is 10.3. The van der Waals surface area contributed by atoms with Crippen LogP contribution in [0.5, 0.6) is 0 Å². The number of carbonyl (C=O) groups excluding carboxylic acids is 1. The average Bonchev–Trinajstić information content (AvgIpc) is 3.21. The quantitative estimate of drug-likeness (QED) is 0.489. The number of aromatic nitrogens is 2. The predicted molar refractivity (Wildman–Crippen MR) is 113 cm³/mol. The Bertz CT molecular complexity index is 1320. The Morgan fingerprint density at radius 2 is 1.91 bits per heavy atom. The summed E-state index contributed by atoms with van der Waals surface area (Å²) in [7, 11) is 0. The maximum atomic E-state index is 13.5. The summed E-state index contributed by atoms with van der Waals surface area (Å²) in [5.41, 5.74) is 0.946. The van der Waals surface area contributed by atoms with Crippen LogP contribution in [0.3, 0.4) is 0 Å². The van der Waals surface area contributed by atoms with E-state index in [0.29, 0.717) is 29.9 Å². The Kier molecular flexibility index (Phi) is 5.16. The molecule has 5 rings (SSSR count). The summed E-state index contributed by atoms with van der Waals surface area (Å²) in [5.74, 6) is -2.04. The molecule has 4 aromatic rings. The molecule has 9 heteroatoms. The van der Waals surface area contributed by atoms with Gasteiger partial charge in [0.15, 0.2) is 17.4 Å². The Hall–Kier alpha value is -3.62. The van der Waals surface area contributed by atoms with E-state index in [9.17, 15) is 18.0 Å². The van der Waals surface area contributed by atoms with E-state index >= 15 is 0 Å². The lowest BCUT2D eigenvalue weighted by atomic mass is 10.0. The molecule has 1 N–H and O–H groups in total. The van der Waals surface area contributed by atoms with Crippen LogP contribution in [0.15, 0.2) is 47.0 Å². The van der Waals surface area contributed by atoms with E-state index in [1.807, 2.05) is 0 Å². The first kappa shape index (κ1) is 20.3. The molecule has 32 heavy (non-hydrogen) atoms. The fourth-order valence-corrected chi connectivity index (χ4v) is 4.06. The molecule has 0 bridgehead atoms. The normalized spacial score (nSPS) is 16.6. The zero-order valence-corrected chi connectivity index (χ0v) is 16.9. The smallest absolute Gasteiger partial charge is 0.289 e.